The average molecular weight is 1200 g/mol. The maximum absolute atomic E-state index is 5.44. The summed E-state index contributed by atoms with van der Waals surface area (Å²) < 4.78 is 0. The summed E-state index contributed by atoms with van der Waals surface area (Å²) in [7, 11) is 0. The second-order valence-electron chi connectivity index (χ2n) is 25.5. The molecule has 2 nitrogen and oxygen atoms in total. The smallest absolute Gasteiger partial charge is 0.135 e. The van der Waals surface area contributed by atoms with Crippen LogP contribution in [0.4, 0.5) is 11.4 Å². The molecule has 0 heterocycles. The maximum Gasteiger partial charge on any atom is 0.135 e. The van der Waals surface area contributed by atoms with Gasteiger partial charge in [-0.05, 0) is 93.4 Å². The quantitative estimate of drug-likeness (QED) is 0.0207. The maximum atomic E-state index is 5.44. The number of nitrogens with zero attached hydrogens (tertiary/aromatic N) is 2. The number of aliphatic imine (C=N–C) groups is 2. The first kappa shape index (κ1) is 79.3. The first-order chi connectivity index (χ1) is 41.2. The van der Waals surface area contributed by atoms with Crippen LogP contribution in [-0.2, 0) is 29.3 Å². The number of benzene rings is 2. The molecule has 0 unspecified atom stereocenters. The third kappa shape index (κ3) is 50.3. The largest absolute Gasteiger partial charge is 0.250 e. The minimum atomic E-state index is 0. The van der Waals surface area contributed by atoms with Gasteiger partial charge in [0.2, 0.25) is 0 Å². The standard InChI is InChI=1S/C81H138N2.Ni/c1-5-9-13-15-17-19-21-23-25-27-29-31-33-35-37-39-41-43-45-47-49-51-53-55-57-59-62-68-76-70-64-66-73-78(76)82-80(72-12-8-4)81(75-61-11-7-3)83-79-74-67-65-71-77(79)69-63-60-58-56-54-52-50-48-46-44-42-40-38-36-34-32-30-28-26-24-22-20-18-16-14-10-6-2;/h57-60,64-67,70-71,73-74H,5-11,13-56,61-63,68-69,75H2,1-4H3;/b59-57+,60-58+,82-80?,83-81?;. The van der Waals surface area contributed by atoms with Crippen molar-refractivity contribution in [1.82, 2.24) is 0 Å². The molecule has 482 valence electrons. The van der Waals surface area contributed by atoms with E-state index in [1.165, 1.54) is 332 Å². The van der Waals surface area contributed by atoms with Crippen LogP contribution in [0.3, 0.4) is 0 Å². The minimum Gasteiger partial charge on any atom is -0.250 e. The molecule has 84 heavy (non-hydrogen) atoms. The SMILES string of the molecule is CCC#CC(=Nc1ccccc1CC/C=C/CCCCCCCCCCCCCCCCCCCCCCCCC)C(CCCCC)=Nc1ccccc1CC/C=C/CCCCCCCCCCCCCCCCCCCCCCCCC.[Ni]. The third-order valence-electron chi connectivity index (χ3n) is 17.6. The number of rotatable bonds is 61. The van der Waals surface area contributed by atoms with Crippen molar-refractivity contribution in [3.63, 3.8) is 0 Å². The second kappa shape index (κ2) is 64.8. The van der Waals surface area contributed by atoms with Crippen molar-refractivity contribution < 1.29 is 16.5 Å². The molecule has 0 radical (unpaired) electrons. The molecule has 0 amide bonds. The molecule has 0 fully saturated rings. The molecule has 3 heteroatoms. The van der Waals surface area contributed by atoms with Gasteiger partial charge in [0.1, 0.15) is 5.71 Å². The molecule has 2 aromatic rings. The van der Waals surface area contributed by atoms with Crippen LogP contribution in [0.5, 0.6) is 0 Å². The van der Waals surface area contributed by atoms with Gasteiger partial charge in [-0.15, -0.1) is 0 Å². The topological polar surface area (TPSA) is 24.7 Å². The summed E-state index contributed by atoms with van der Waals surface area (Å²) in [5.74, 6) is 6.90. The Balaban J connectivity index is 0.0000353. The summed E-state index contributed by atoms with van der Waals surface area (Å²) in [5.41, 5.74) is 6.61. The zero-order valence-electron chi connectivity index (χ0n) is 56.4. The Kier molecular flexibility index (Phi) is 61.2. The summed E-state index contributed by atoms with van der Waals surface area (Å²) in [5, 5.41) is 0. The molecule has 0 atom stereocenters. The van der Waals surface area contributed by atoms with Crippen LogP contribution in [0.1, 0.15) is 392 Å². The van der Waals surface area contributed by atoms with E-state index in [1.54, 1.807) is 0 Å². The van der Waals surface area contributed by atoms with E-state index >= 15 is 0 Å². The molecule has 0 saturated carbocycles. The number of hydrogen-bond donors (Lipinski definition) is 0. The molecule has 2 aromatic carbocycles. The fourth-order valence-electron chi connectivity index (χ4n) is 12.1. The third-order valence-corrected chi connectivity index (χ3v) is 17.6. The molecular formula is C81H138N2Ni. The molecule has 0 aromatic heterocycles. The molecule has 0 aliphatic heterocycles. The van der Waals surface area contributed by atoms with Crippen molar-refractivity contribution in [2.75, 3.05) is 0 Å². The van der Waals surface area contributed by atoms with E-state index in [9.17, 15) is 0 Å². The van der Waals surface area contributed by atoms with Crippen LogP contribution in [0.2, 0.25) is 0 Å². The zero-order chi connectivity index (χ0) is 59.1. The predicted molar refractivity (Wildman–Crippen MR) is 377 cm³/mol. The van der Waals surface area contributed by atoms with Gasteiger partial charge >= 0.3 is 0 Å². The van der Waals surface area contributed by atoms with Crippen molar-refractivity contribution in [2.24, 2.45) is 9.98 Å². The zero-order valence-corrected chi connectivity index (χ0v) is 57.4. The summed E-state index contributed by atoms with van der Waals surface area (Å²) >= 11 is 0. The molecule has 0 aliphatic rings. The van der Waals surface area contributed by atoms with Gasteiger partial charge in [-0.3, -0.25) is 4.99 Å². The molecule has 0 N–H and O–H groups in total. The van der Waals surface area contributed by atoms with E-state index in [2.05, 4.69) is 112 Å². The van der Waals surface area contributed by atoms with Crippen molar-refractivity contribution in [3.8, 4) is 11.8 Å². The van der Waals surface area contributed by atoms with Crippen molar-refractivity contribution in [1.29, 1.82) is 0 Å². The van der Waals surface area contributed by atoms with Crippen LogP contribution in [0.25, 0.3) is 0 Å². The summed E-state index contributed by atoms with van der Waals surface area (Å²) in [4.78, 5) is 10.8. The van der Waals surface area contributed by atoms with Crippen LogP contribution < -0.4 is 0 Å². The second-order valence-corrected chi connectivity index (χ2v) is 25.5. The van der Waals surface area contributed by atoms with Gasteiger partial charge in [-0.2, -0.15) is 0 Å². The predicted octanol–water partition coefficient (Wildman–Crippen LogP) is 28.3. The van der Waals surface area contributed by atoms with Gasteiger partial charge < -0.3 is 0 Å². The molecule has 0 saturated heterocycles. The minimum absolute atomic E-state index is 0. The van der Waals surface area contributed by atoms with E-state index in [1.807, 2.05) is 0 Å². The van der Waals surface area contributed by atoms with E-state index in [-0.39, 0.29) is 16.5 Å². The molecule has 0 aliphatic carbocycles. The molecule has 2 rings (SSSR count). The number of aryl methyl sites for hydroxylation is 2. The Morgan fingerprint density at radius 2 is 0.571 bits per heavy atom. The van der Waals surface area contributed by atoms with Crippen LogP contribution in [-0.4, -0.2) is 11.4 Å². The van der Waals surface area contributed by atoms with Gasteiger partial charge in [-0.1, -0.05) is 390 Å². The fourth-order valence-corrected chi connectivity index (χ4v) is 12.1. The Morgan fingerprint density at radius 3 is 0.881 bits per heavy atom. The summed E-state index contributed by atoms with van der Waals surface area (Å²) in [6.45, 7) is 9.04. The van der Waals surface area contributed by atoms with E-state index in [0.29, 0.717) is 0 Å². The van der Waals surface area contributed by atoms with Crippen molar-refractivity contribution in [2.45, 2.75) is 394 Å². The summed E-state index contributed by atoms with van der Waals surface area (Å²) in [6, 6.07) is 17.5. The summed E-state index contributed by atoms with van der Waals surface area (Å²) in [6.07, 6.45) is 87.6. The van der Waals surface area contributed by atoms with Crippen LogP contribution in [0, 0.1) is 11.8 Å². The number of unbranched alkanes of at least 4 members (excludes halogenated alkanes) is 48. The van der Waals surface area contributed by atoms with Gasteiger partial charge in [0.15, 0.2) is 0 Å². The molecule has 0 bridgehead atoms. The number of allylic oxidation sites excluding steroid dienone is 4. The molecular weight excluding hydrogens is 1060 g/mol. The van der Waals surface area contributed by atoms with Gasteiger partial charge in [-0.25, -0.2) is 4.99 Å². The van der Waals surface area contributed by atoms with Gasteiger partial charge in [0.25, 0.3) is 0 Å². The van der Waals surface area contributed by atoms with E-state index < -0.39 is 0 Å². The Hall–Kier alpha value is -2.69. The average Bonchev–Trinajstić information content (AvgIpc) is 3.52. The Morgan fingerprint density at radius 1 is 0.310 bits per heavy atom. The monoisotopic (exact) mass is 1200 g/mol. The fraction of sp³-hybridized carbons (Fsp3) is 0.753. The van der Waals surface area contributed by atoms with Crippen LogP contribution >= 0.6 is 0 Å². The normalized spacial score (nSPS) is 12.0. The van der Waals surface area contributed by atoms with E-state index in [0.717, 1.165) is 67.7 Å². The number of para-hydroxylation sites is 2. The Bertz CT molecular complexity index is 1870. The van der Waals surface area contributed by atoms with Gasteiger partial charge in [0.05, 0.1) is 17.1 Å². The van der Waals surface area contributed by atoms with E-state index in [4.69, 9.17) is 9.98 Å². The van der Waals surface area contributed by atoms with Gasteiger partial charge in [0, 0.05) is 22.9 Å². The molecule has 0 spiro atoms. The van der Waals surface area contributed by atoms with Crippen molar-refractivity contribution in [3.05, 3.63) is 84.0 Å². The first-order valence-corrected chi connectivity index (χ1v) is 37.3. The van der Waals surface area contributed by atoms with Crippen molar-refractivity contribution >= 4 is 22.8 Å². The Labute approximate surface area is 535 Å². The number of hydrogen-bond acceptors (Lipinski definition) is 2. The first-order valence-electron chi connectivity index (χ1n) is 37.3. The van der Waals surface area contributed by atoms with Crippen LogP contribution in [0.15, 0.2) is 82.8 Å².